The topological polar surface area (TPSA) is 127 Å². The minimum Gasteiger partial charge on any atom is -0.481 e. The lowest BCUT2D eigenvalue weighted by molar-refractivity contribution is -0.170. The molecule has 1 aromatic rings. The van der Waals surface area contributed by atoms with Gasteiger partial charge in [-0.15, -0.1) is 0 Å². The number of rotatable bonds is 13. The van der Waals surface area contributed by atoms with E-state index in [-0.39, 0.29) is 24.0 Å². The van der Waals surface area contributed by atoms with E-state index in [4.69, 9.17) is 14.6 Å². The Morgan fingerprint density at radius 3 is 2.14 bits per heavy atom. The van der Waals surface area contributed by atoms with Crippen molar-refractivity contribution in [2.75, 3.05) is 0 Å². The molecule has 8 nitrogen and oxygen atoms in total. The van der Waals surface area contributed by atoms with Gasteiger partial charge in [0.2, 0.25) is 6.29 Å². The van der Waals surface area contributed by atoms with Crippen LogP contribution in [0.2, 0.25) is 0 Å². The van der Waals surface area contributed by atoms with Crippen LogP contribution in [0.4, 0.5) is 0 Å². The van der Waals surface area contributed by atoms with Crippen molar-refractivity contribution in [3.8, 4) is 0 Å². The zero-order chi connectivity index (χ0) is 20.9. The summed E-state index contributed by atoms with van der Waals surface area (Å²) in [6, 6.07) is 5.64. The van der Waals surface area contributed by atoms with E-state index in [0.717, 1.165) is 12.8 Å². The summed E-state index contributed by atoms with van der Waals surface area (Å²) in [6.07, 6.45) is 2.31. The van der Waals surface area contributed by atoms with Gasteiger partial charge in [0.05, 0.1) is 11.1 Å². The highest BCUT2D eigenvalue weighted by Crippen LogP contribution is 2.16. The van der Waals surface area contributed by atoms with Crippen LogP contribution >= 0.6 is 0 Å². The summed E-state index contributed by atoms with van der Waals surface area (Å²) < 4.78 is 10.5. The highest BCUT2D eigenvalue weighted by molar-refractivity contribution is 6.02. The fourth-order valence-corrected chi connectivity index (χ4v) is 2.48. The summed E-state index contributed by atoms with van der Waals surface area (Å²) in [4.78, 5) is 46.1. The first-order chi connectivity index (χ1) is 13.3. The smallest absolute Gasteiger partial charge is 0.342 e. The van der Waals surface area contributed by atoms with Gasteiger partial charge in [0.1, 0.15) is 0 Å². The van der Waals surface area contributed by atoms with Crippen molar-refractivity contribution in [3.05, 3.63) is 35.4 Å². The summed E-state index contributed by atoms with van der Waals surface area (Å²) in [7, 11) is 0. The molecule has 0 heterocycles. The predicted molar refractivity (Wildman–Crippen MR) is 98.9 cm³/mol. The Bertz CT molecular complexity index is 683. The second-order valence-corrected chi connectivity index (χ2v) is 6.27. The van der Waals surface area contributed by atoms with Gasteiger partial charge in [0, 0.05) is 19.3 Å². The van der Waals surface area contributed by atoms with E-state index in [9.17, 15) is 24.3 Å². The molecule has 0 spiro atoms. The third-order valence-corrected chi connectivity index (χ3v) is 3.94. The third kappa shape index (κ3) is 8.66. The van der Waals surface area contributed by atoms with E-state index in [1.165, 1.54) is 24.3 Å². The number of carbonyl (C=O) groups is 4. The van der Waals surface area contributed by atoms with Crippen molar-refractivity contribution >= 4 is 23.9 Å². The lowest BCUT2D eigenvalue weighted by atomic mass is 10.1. The molecule has 0 aliphatic carbocycles. The van der Waals surface area contributed by atoms with Crippen LogP contribution in [0.25, 0.3) is 0 Å². The minimum atomic E-state index is -1.26. The molecule has 0 fully saturated rings. The van der Waals surface area contributed by atoms with E-state index >= 15 is 0 Å². The van der Waals surface area contributed by atoms with Gasteiger partial charge in [-0.1, -0.05) is 31.9 Å². The van der Waals surface area contributed by atoms with Gasteiger partial charge in [0.15, 0.2) is 0 Å². The Morgan fingerprint density at radius 2 is 1.54 bits per heavy atom. The first-order valence-corrected chi connectivity index (χ1v) is 9.29. The lowest BCUT2D eigenvalue weighted by Gasteiger charge is -2.19. The molecule has 0 radical (unpaired) electrons. The first-order valence-electron chi connectivity index (χ1n) is 9.29. The molecule has 8 heteroatoms. The second-order valence-electron chi connectivity index (χ2n) is 6.27. The van der Waals surface area contributed by atoms with Gasteiger partial charge in [-0.3, -0.25) is 9.59 Å². The average molecular weight is 394 g/mol. The van der Waals surface area contributed by atoms with Gasteiger partial charge < -0.3 is 19.7 Å². The standard InChI is InChI=1S/C20H26O8/c1-2-3-4-13-18(27-17(23)12-8-7-11-16(21)22)28-20(26)15-10-6-5-9-14(15)19(24)25/h5-6,9-10,18H,2-4,7-8,11-13H2,1H3,(H,21,22)(H,24,25). The number of carbonyl (C=O) groups excluding carboxylic acids is 2. The number of esters is 2. The summed E-state index contributed by atoms with van der Waals surface area (Å²) in [5.74, 6) is -3.66. The molecule has 28 heavy (non-hydrogen) atoms. The maximum Gasteiger partial charge on any atom is 0.342 e. The Labute approximate surface area is 163 Å². The van der Waals surface area contributed by atoms with Gasteiger partial charge in [0.25, 0.3) is 0 Å². The molecule has 0 aliphatic rings. The van der Waals surface area contributed by atoms with Crippen LogP contribution in [0.5, 0.6) is 0 Å². The van der Waals surface area contributed by atoms with Gasteiger partial charge in [-0.25, -0.2) is 9.59 Å². The van der Waals surface area contributed by atoms with Crippen molar-refractivity contribution in [1.29, 1.82) is 0 Å². The number of aromatic carboxylic acids is 1. The molecule has 1 aromatic carbocycles. The zero-order valence-corrected chi connectivity index (χ0v) is 15.9. The Hall–Kier alpha value is -2.90. The van der Waals surface area contributed by atoms with Crippen LogP contribution in [0.1, 0.15) is 79.0 Å². The van der Waals surface area contributed by atoms with E-state index in [2.05, 4.69) is 0 Å². The molecule has 1 rings (SSSR count). The molecule has 2 N–H and O–H groups in total. The Kier molecular flexibility index (Phi) is 10.3. The average Bonchev–Trinajstić information content (AvgIpc) is 2.65. The van der Waals surface area contributed by atoms with Crippen molar-refractivity contribution in [3.63, 3.8) is 0 Å². The fraction of sp³-hybridized carbons (Fsp3) is 0.500. The van der Waals surface area contributed by atoms with E-state index in [0.29, 0.717) is 25.7 Å². The number of hydrogen-bond acceptors (Lipinski definition) is 6. The molecule has 0 saturated heterocycles. The minimum absolute atomic E-state index is 0.0147. The molecule has 0 aromatic heterocycles. The summed E-state index contributed by atoms with van der Waals surface area (Å²) >= 11 is 0. The Balaban J connectivity index is 2.70. The maximum atomic E-state index is 12.4. The third-order valence-electron chi connectivity index (χ3n) is 3.94. The maximum absolute atomic E-state index is 12.4. The monoisotopic (exact) mass is 394 g/mol. The zero-order valence-electron chi connectivity index (χ0n) is 15.9. The number of carboxylic acids is 2. The molecule has 0 saturated carbocycles. The van der Waals surface area contributed by atoms with Crippen LogP contribution < -0.4 is 0 Å². The predicted octanol–water partition coefficient (Wildman–Crippen LogP) is 3.64. The fourth-order valence-electron chi connectivity index (χ4n) is 2.48. The SMILES string of the molecule is CCCCCC(OC(=O)CCCCC(=O)O)OC(=O)c1ccccc1C(=O)O. The quantitative estimate of drug-likeness (QED) is 0.295. The molecule has 154 valence electrons. The molecule has 0 bridgehead atoms. The number of hydrogen-bond donors (Lipinski definition) is 2. The molecular weight excluding hydrogens is 368 g/mol. The molecular formula is C20H26O8. The summed E-state index contributed by atoms with van der Waals surface area (Å²) in [5.41, 5.74) is -0.312. The van der Waals surface area contributed by atoms with Crippen LogP contribution in [0, 0.1) is 0 Å². The molecule has 1 unspecified atom stereocenters. The van der Waals surface area contributed by atoms with Crippen molar-refractivity contribution in [2.45, 2.75) is 64.6 Å². The van der Waals surface area contributed by atoms with Crippen LogP contribution in [-0.4, -0.2) is 40.4 Å². The number of aliphatic carboxylic acids is 1. The summed E-state index contributed by atoms with van der Waals surface area (Å²) in [5, 5.41) is 17.8. The van der Waals surface area contributed by atoms with Crippen molar-refractivity contribution in [1.82, 2.24) is 0 Å². The summed E-state index contributed by atoms with van der Waals surface area (Å²) in [6.45, 7) is 2.00. The number of benzene rings is 1. The lowest BCUT2D eigenvalue weighted by Crippen LogP contribution is -2.25. The van der Waals surface area contributed by atoms with Crippen molar-refractivity contribution < 1.29 is 38.9 Å². The highest BCUT2D eigenvalue weighted by Gasteiger charge is 2.23. The molecule has 0 aliphatic heterocycles. The molecule has 1 atom stereocenters. The van der Waals surface area contributed by atoms with E-state index in [1.54, 1.807) is 0 Å². The Morgan fingerprint density at radius 1 is 0.893 bits per heavy atom. The number of unbranched alkanes of at least 4 members (excludes halogenated alkanes) is 3. The number of carboxylic acid groups (broad SMARTS) is 2. The van der Waals surface area contributed by atoms with Gasteiger partial charge in [-0.05, 0) is 31.4 Å². The molecule has 0 amide bonds. The van der Waals surface area contributed by atoms with Crippen LogP contribution in [0.15, 0.2) is 24.3 Å². The van der Waals surface area contributed by atoms with E-state index < -0.39 is 30.2 Å². The largest absolute Gasteiger partial charge is 0.481 e. The van der Waals surface area contributed by atoms with Crippen LogP contribution in [-0.2, 0) is 19.1 Å². The normalized spacial score (nSPS) is 11.5. The van der Waals surface area contributed by atoms with Crippen molar-refractivity contribution in [2.24, 2.45) is 0 Å². The van der Waals surface area contributed by atoms with Gasteiger partial charge in [-0.2, -0.15) is 0 Å². The van der Waals surface area contributed by atoms with E-state index in [1.807, 2.05) is 6.92 Å². The van der Waals surface area contributed by atoms with Crippen LogP contribution in [0.3, 0.4) is 0 Å². The van der Waals surface area contributed by atoms with Gasteiger partial charge >= 0.3 is 23.9 Å². The first kappa shape index (κ1) is 23.1. The second kappa shape index (κ2) is 12.5. The highest BCUT2D eigenvalue weighted by atomic mass is 16.7. The number of ether oxygens (including phenoxy) is 2.